The fraction of sp³-hybridized carbons (Fsp3) is 0.750. The zero-order valence-corrected chi connectivity index (χ0v) is 12.3. The summed E-state index contributed by atoms with van der Waals surface area (Å²) >= 11 is 0. The molecule has 1 aromatic rings. The SMILES string of the molecule is Cc1nc(S(=O)(=O)N[C@@H]2CCCC[C@@H]2CN)cn1C. The Hall–Kier alpha value is -0.920. The van der Waals surface area contributed by atoms with Crippen molar-refractivity contribution in [3.05, 3.63) is 12.0 Å². The zero-order chi connectivity index (χ0) is 14.0. The predicted octanol–water partition coefficient (Wildman–Crippen LogP) is 0.524. The van der Waals surface area contributed by atoms with E-state index in [9.17, 15) is 8.42 Å². The first-order chi connectivity index (χ1) is 8.94. The minimum Gasteiger partial charge on any atom is -0.337 e. The van der Waals surface area contributed by atoms with Crippen LogP contribution in [0.4, 0.5) is 0 Å². The van der Waals surface area contributed by atoms with Crippen molar-refractivity contribution in [2.75, 3.05) is 6.54 Å². The maximum atomic E-state index is 12.3. The van der Waals surface area contributed by atoms with Gasteiger partial charge in [-0.25, -0.2) is 18.1 Å². The summed E-state index contributed by atoms with van der Waals surface area (Å²) in [6.45, 7) is 2.30. The van der Waals surface area contributed by atoms with Gasteiger partial charge in [-0.3, -0.25) is 0 Å². The predicted molar refractivity (Wildman–Crippen MR) is 73.1 cm³/mol. The van der Waals surface area contributed by atoms with Crippen LogP contribution in [0, 0.1) is 12.8 Å². The molecule has 2 atom stereocenters. The first kappa shape index (κ1) is 14.5. The number of aryl methyl sites for hydroxylation is 2. The van der Waals surface area contributed by atoms with Crippen LogP contribution in [-0.4, -0.2) is 30.6 Å². The van der Waals surface area contributed by atoms with E-state index in [-0.39, 0.29) is 17.0 Å². The Labute approximate surface area is 114 Å². The normalized spacial score (nSPS) is 24.6. The molecular weight excluding hydrogens is 264 g/mol. The number of rotatable bonds is 4. The molecule has 6 nitrogen and oxygen atoms in total. The van der Waals surface area contributed by atoms with E-state index < -0.39 is 10.0 Å². The number of hydrogen-bond donors (Lipinski definition) is 2. The third-order valence-electron chi connectivity index (χ3n) is 3.88. The molecule has 0 radical (unpaired) electrons. The van der Waals surface area contributed by atoms with Gasteiger partial charge in [0.2, 0.25) is 0 Å². The molecule has 7 heteroatoms. The van der Waals surface area contributed by atoms with Crippen molar-refractivity contribution in [3.63, 3.8) is 0 Å². The summed E-state index contributed by atoms with van der Waals surface area (Å²) in [5.41, 5.74) is 5.72. The number of imidazole rings is 1. The van der Waals surface area contributed by atoms with Crippen molar-refractivity contribution >= 4 is 10.0 Å². The third kappa shape index (κ3) is 3.16. The fourth-order valence-corrected chi connectivity index (χ4v) is 3.94. The lowest BCUT2D eigenvalue weighted by molar-refractivity contribution is 0.296. The standard InChI is InChI=1S/C12H22N4O2S/c1-9-14-12(8-16(9)2)19(17,18)15-11-6-4-3-5-10(11)7-13/h8,10-11,15H,3-7,13H2,1-2H3/t10-,11-/m1/s1. The van der Waals surface area contributed by atoms with Gasteiger partial charge in [-0.15, -0.1) is 0 Å². The topological polar surface area (TPSA) is 90.0 Å². The molecule has 0 amide bonds. The second kappa shape index (κ2) is 5.60. The number of nitrogens with one attached hydrogen (secondary N) is 1. The molecule has 0 unspecified atom stereocenters. The van der Waals surface area contributed by atoms with Crippen LogP contribution in [0.2, 0.25) is 0 Å². The average Bonchev–Trinajstić information content (AvgIpc) is 2.71. The summed E-state index contributed by atoms with van der Waals surface area (Å²) in [4.78, 5) is 4.08. The summed E-state index contributed by atoms with van der Waals surface area (Å²) in [5, 5.41) is 0.0915. The third-order valence-corrected chi connectivity index (χ3v) is 5.24. The highest BCUT2D eigenvalue weighted by atomic mass is 32.2. The van der Waals surface area contributed by atoms with E-state index in [0.717, 1.165) is 25.7 Å². The number of nitrogens with two attached hydrogens (primary N) is 1. The van der Waals surface area contributed by atoms with Crippen LogP contribution in [0.15, 0.2) is 11.2 Å². The maximum absolute atomic E-state index is 12.3. The van der Waals surface area contributed by atoms with Gasteiger partial charge in [0.25, 0.3) is 10.0 Å². The molecule has 1 heterocycles. The van der Waals surface area contributed by atoms with Crippen LogP contribution in [-0.2, 0) is 17.1 Å². The molecule has 1 saturated carbocycles. The second-order valence-corrected chi connectivity index (χ2v) is 6.91. The molecule has 108 valence electrons. The molecule has 3 N–H and O–H groups in total. The number of sulfonamides is 1. The van der Waals surface area contributed by atoms with Crippen molar-refractivity contribution < 1.29 is 8.42 Å². The Balaban J connectivity index is 2.16. The van der Waals surface area contributed by atoms with E-state index in [2.05, 4.69) is 9.71 Å². The smallest absolute Gasteiger partial charge is 0.259 e. The van der Waals surface area contributed by atoms with Gasteiger partial charge in [0.05, 0.1) is 0 Å². The quantitative estimate of drug-likeness (QED) is 0.844. The lowest BCUT2D eigenvalue weighted by Gasteiger charge is -2.30. The van der Waals surface area contributed by atoms with Crippen LogP contribution in [0.3, 0.4) is 0 Å². The Kier molecular flexibility index (Phi) is 4.27. The van der Waals surface area contributed by atoms with E-state index in [4.69, 9.17) is 5.73 Å². The molecule has 0 bridgehead atoms. The van der Waals surface area contributed by atoms with Crippen LogP contribution in [0.1, 0.15) is 31.5 Å². The van der Waals surface area contributed by atoms with E-state index >= 15 is 0 Å². The number of nitrogens with zero attached hydrogens (tertiary/aromatic N) is 2. The fourth-order valence-electron chi connectivity index (χ4n) is 2.56. The van der Waals surface area contributed by atoms with E-state index in [0.29, 0.717) is 12.4 Å². The summed E-state index contributed by atoms with van der Waals surface area (Å²) in [5.74, 6) is 0.910. The molecule has 19 heavy (non-hydrogen) atoms. The van der Waals surface area contributed by atoms with Crippen molar-refractivity contribution in [1.29, 1.82) is 0 Å². The molecule has 1 aliphatic rings. The van der Waals surface area contributed by atoms with Crippen LogP contribution >= 0.6 is 0 Å². The van der Waals surface area contributed by atoms with Crippen molar-refractivity contribution in [3.8, 4) is 0 Å². The van der Waals surface area contributed by atoms with E-state index in [1.807, 2.05) is 0 Å². The van der Waals surface area contributed by atoms with E-state index in [1.165, 1.54) is 6.20 Å². The average molecular weight is 286 g/mol. The minimum atomic E-state index is -3.54. The lowest BCUT2D eigenvalue weighted by Crippen LogP contribution is -2.44. The molecule has 0 spiro atoms. The van der Waals surface area contributed by atoms with Crippen molar-refractivity contribution in [1.82, 2.24) is 14.3 Å². The summed E-state index contributed by atoms with van der Waals surface area (Å²) in [6, 6.07) is -0.0638. The van der Waals surface area contributed by atoms with Crippen molar-refractivity contribution in [2.24, 2.45) is 18.7 Å². The maximum Gasteiger partial charge on any atom is 0.259 e. The lowest BCUT2D eigenvalue weighted by atomic mass is 9.85. The van der Waals surface area contributed by atoms with Crippen molar-refractivity contribution in [2.45, 2.75) is 43.7 Å². The largest absolute Gasteiger partial charge is 0.337 e. The monoisotopic (exact) mass is 286 g/mol. The highest BCUT2D eigenvalue weighted by molar-refractivity contribution is 7.89. The van der Waals surface area contributed by atoms with Gasteiger partial charge in [-0.2, -0.15) is 0 Å². The molecule has 0 aromatic carbocycles. The van der Waals surface area contributed by atoms with Crippen LogP contribution in [0.5, 0.6) is 0 Å². The van der Waals surface area contributed by atoms with Gasteiger partial charge in [0, 0.05) is 19.3 Å². The number of hydrogen-bond acceptors (Lipinski definition) is 4. The Bertz CT molecular complexity index is 518. The summed E-state index contributed by atoms with van der Waals surface area (Å²) in [7, 11) is -1.76. The van der Waals surface area contributed by atoms with Gasteiger partial charge in [0.1, 0.15) is 5.82 Å². The zero-order valence-electron chi connectivity index (χ0n) is 11.5. The van der Waals surface area contributed by atoms with Crippen LogP contribution in [0.25, 0.3) is 0 Å². The van der Waals surface area contributed by atoms with Gasteiger partial charge in [-0.05, 0) is 32.2 Å². The Morgan fingerprint density at radius 1 is 1.47 bits per heavy atom. The van der Waals surface area contributed by atoms with Crippen LogP contribution < -0.4 is 10.5 Å². The van der Waals surface area contributed by atoms with Gasteiger partial charge in [0.15, 0.2) is 5.03 Å². The number of aromatic nitrogens is 2. The Morgan fingerprint density at radius 3 is 2.74 bits per heavy atom. The summed E-state index contributed by atoms with van der Waals surface area (Å²) < 4.78 is 29.1. The first-order valence-electron chi connectivity index (χ1n) is 6.66. The van der Waals surface area contributed by atoms with Gasteiger partial charge in [-0.1, -0.05) is 12.8 Å². The molecule has 1 aromatic heterocycles. The molecule has 2 rings (SSSR count). The van der Waals surface area contributed by atoms with E-state index in [1.54, 1.807) is 18.5 Å². The van der Waals surface area contributed by atoms with Gasteiger partial charge < -0.3 is 10.3 Å². The molecule has 1 aliphatic carbocycles. The first-order valence-corrected chi connectivity index (χ1v) is 8.14. The molecular formula is C12H22N4O2S. The highest BCUT2D eigenvalue weighted by Crippen LogP contribution is 2.25. The molecule has 0 aliphatic heterocycles. The molecule has 0 saturated heterocycles. The Morgan fingerprint density at radius 2 is 2.16 bits per heavy atom. The minimum absolute atomic E-state index is 0.0638. The second-order valence-electron chi connectivity index (χ2n) is 5.25. The summed E-state index contributed by atoms with van der Waals surface area (Å²) in [6.07, 6.45) is 5.56. The molecule has 1 fully saturated rings. The van der Waals surface area contributed by atoms with Gasteiger partial charge >= 0.3 is 0 Å². The highest BCUT2D eigenvalue weighted by Gasteiger charge is 2.29.